The molecule has 8 nitrogen and oxygen atoms in total. The van der Waals surface area contributed by atoms with E-state index in [1.54, 1.807) is 36.2 Å². The third kappa shape index (κ3) is 5.00. The molecule has 30 heavy (non-hydrogen) atoms. The molecule has 8 heteroatoms. The summed E-state index contributed by atoms with van der Waals surface area (Å²) >= 11 is 0. The van der Waals surface area contributed by atoms with Crippen molar-refractivity contribution in [2.24, 2.45) is 13.0 Å². The largest absolute Gasteiger partial charge is 0.493 e. The summed E-state index contributed by atoms with van der Waals surface area (Å²) in [6.45, 7) is 3.26. The fourth-order valence-electron chi connectivity index (χ4n) is 3.38. The number of aromatic nitrogens is 1. The summed E-state index contributed by atoms with van der Waals surface area (Å²) < 4.78 is 12.0. The van der Waals surface area contributed by atoms with Gasteiger partial charge in [0.2, 0.25) is 0 Å². The second-order valence-corrected chi connectivity index (χ2v) is 7.52. The second-order valence-electron chi connectivity index (χ2n) is 7.52. The molecule has 0 aliphatic carbocycles. The van der Waals surface area contributed by atoms with Crippen molar-refractivity contribution in [3.8, 4) is 11.5 Å². The van der Waals surface area contributed by atoms with Gasteiger partial charge in [-0.1, -0.05) is 19.1 Å². The van der Waals surface area contributed by atoms with E-state index in [1.165, 1.54) is 23.9 Å². The predicted molar refractivity (Wildman–Crippen MR) is 113 cm³/mol. The summed E-state index contributed by atoms with van der Waals surface area (Å²) in [6, 6.07) is 8.40. The number of hydrogen-bond donors (Lipinski definition) is 1. The van der Waals surface area contributed by atoms with E-state index in [2.05, 4.69) is 12.2 Å². The van der Waals surface area contributed by atoms with Crippen LogP contribution in [0, 0.1) is 5.92 Å². The van der Waals surface area contributed by atoms with Crippen LogP contribution in [-0.4, -0.2) is 48.1 Å². The zero-order chi connectivity index (χ0) is 21.7. The highest BCUT2D eigenvalue weighted by atomic mass is 16.5. The van der Waals surface area contributed by atoms with Crippen molar-refractivity contribution in [3.63, 3.8) is 0 Å². The van der Waals surface area contributed by atoms with Crippen LogP contribution in [0.3, 0.4) is 0 Å². The van der Waals surface area contributed by atoms with Crippen LogP contribution in [0.15, 0.2) is 41.3 Å². The van der Waals surface area contributed by atoms with Crippen LogP contribution in [-0.2, 0) is 11.8 Å². The number of carbonyl (C=O) groups is 2. The standard InChI is InChI=1S/C22H27N3O5/c1-15-8-10-25(11-9-15)21(27)16-12-17(22(28)24(2)13-16)23-20(26)14-30-19-7-5-4-6-18(19)29-3/h4-7,12-13,15H,8-11,14H2,1-3H3,(H,23,26). The van der Waals surface area contributed by atoms with E-state index >= 15 is 0 Å². The molecule has 3 rings (SSSR count). The summed E-state index contributed by atoms with van der Waals surface area (Å²) in [7, 11) is 3.07. The molecule has 2 aromatic rings. The fourth-order valence-corrected chi connectivity index (χ4v) is 3.38. The molecule has 1 aliphatic rings. The Hall–Kier alpha value is -3.29. The van der Waals surface area contributed by atoms with E-state index in [4.69, 9.17) is 9.47 Å². The van der Waals surface area contributed by atoms with E-state index in [1.807, 2.05) is 0 Å². The Kier molecular flexibility index (Phi) is 6.76. The summed E-state index contributed by atoms with van der Waals surface area (Å²) in [5.74, 6) is 0.885. The number of rotatable bonds is 6. The molecule has 1 fully saturated rings. The van der Waals surface area contributed by atoms with Gasteiger partial charge in [0.1, 0.15) is 5.69 Å². The van der Waals surface area contributed by atoms with Gasteiger partial charge in [0.15, 0.2) is 18.1 Å². The van der Waals surface area contributed by atoms with E-state index in [-0.39, 0.29) is 18.2 Å². The Morgan fingerprint density at radius 2 is 1.83 bits per heavy atom. The molecule has 0 atom stereocenters. The van der Waals surface area contributed by atoms with E-state index < -0.39 is 11.5 Å². The van der Waals surface area contributed by atoms with Gasteiger partial charge >= 0.3 is 0 Å². The van der Waals surface area contributed by atoms with Crippen LogP contribution in [0.25, 0.3) is 0 Å². The predicted octanol–water partition coefficient (Wildman–Crippen LogP) is 2.28. The van der Waals surface area contributed by atoms with E-state index in [0.29, 0.717) is 36.1 Å². The molecule has 2 amide bonds. The Morgan fingerprint density at radius 3 is 2.50 bits per heavy atom. The number of benzene rings is 1. The number of para-hydroxylation sites is 2. The Labute approximate surface area is 175 Å². The molecule has 1 aromatic carbocycles. The Balaban J connectivity index is 1.70. The number of nitrogens with one attached hydrogen (secondary N) is 1. The van der Waals surface area contributed by atoms with Crippen LogP contribution in [0.1, 0.15) is 30.1 Å². The van der Waals surface area contributed by atoms with Crippen molar-refractivity contribution < 1.29 is 19.1 Å². The number of carbonyl (C=O) groups excluding carboxylic acids is 2. The second kappa shape index (κ2) is 9.47. The SMILES string of the molecule is COc1ccccc1OCC(=O)Nc1cc(C(=O)N2CCC(C)CC2)cn(C)c1=O. The monoisotopic (exact) mass is 413 g/mol. The molecule has 0 bridgehead atoms. The third-order valence-corrected chi connectivity index (χ3v) is 5.20. The molecule has 1 N–H and O–H groups in total. The quantitative estimate of drug-likeness (QED) is 0.785. The molecule has 0 radical (unpaired) electrons. The lowest BCUT2D eigenvalue weighted by molar-refractivity contribution is -0.118. The van der Waals surface area contributed by atoms with Gasteiger partial charge in [0, 0.05) is 26.3 Å². The minimum Gasteiger partial charge on any atom is -0.493 e. The van der Waals surface area contributed by atoms with Crippen LogP contribution >= 0.6 is 0 Å². The van der Waals surface area contributed by atoms with Crippen molar-refractivity contribution in [2.45, 2.75) is 19.8 Å². The number of methoxy groups -OCH3 is 1. The average molecular weight is 413 g/mol. The van der Waals surface area contributed by atoms with Gasteiger partial charge in [-0.25, -0.2) is 0 Å². The van der Waals surface area contributed by atoms with E-state index in [0.717, 1.165) is 12.8 Å². The minimum absolute atomic E-state index is 0.0438. The molecule has 160 valence electrons. The number of hydrogen-bond acceptors (Lipinski definition) is 5. The molecule has 0 spiro atoms. The molecule has 1 saturated heterocycles. The maximum Gasteiger partial charge on any atom is 0.274 e. The third-order valence-electron chi connectivity index (χ3n) is 5.20. The zero-order valence-electron chi connectivity index (χ0n) is 17.5. The first-order valence-electron chi connectivity index (χ1n) is 9.94. The number of likely N-dealkylation sites (tertiary alicyclic amines) is 1. The summed E-state index contributed by atoms with van der Waals surface area (Å²) in [4.78, 5) is 39.4. The number of anilines is 1. The number of nitrogens with zero attached hydrogens (tertiary/aromatic N) is 2. The van der Waals surface area contributed by atoms with Gasteiger partial charge in [-0.2, -0.15) is 0 Å². The van der Waals surface area contributed by atoms with E-state index in [9.17, 15) is 14.4 Å². The molecular formula is C22H27N3O5. The number of ether oxygens (including phenoxy) is 2. The lowest BCUT2D eigenvalue weighted by atomic mass is 9.99. The zero-order valence-corrected chi connectivity index (χ0v) is 17.5. The molecule has 0 unspecified atom stereocenters. The smallest absolute Gasteiger partial charge is 0.274 e. The summed E-state index contributed by atoms with van der Waals surface area (Å²) in [6.07, 6.45) is 3.42. The van der Waals surface area contributed by atoms with Gasteiger partial charge in [0.25, 0.3) is 17.4 Å². The van der Waals surface area contributed by atoms with Crippen LogP contribution < -0.4 is 20.3 Å². The van der Waals surface area contributed by atoms with Crippen molar-refractivity contribution in [1.82, 2.24) is 9.47 Å². The van der Waals surface area contributed by atoms with Gasteiger partial charge in [-0.05, 0) is 37.0 Å². The Bertz CT molecular complexity index is 977. The first-order chi connectivity index (χ1) is 14.4. The van der Waals surface area contributed by atoms with Crippen LogP contribution in [0.5, 0.6) is 11.5 Å². The van der Waals surface area contributed by atoms with Crippen LogP contribution in [0.4, 0.5) is 5.69 Å². The first kappa shape index (κ1) is 21.4. The van der Waals surface area contributed by atoms with Gasteiger partial charge in [0.05, 0.1) is 12.7 Å². The van der Waals surface area contributed by atoms with Crippen molar-refractivity contribution in [2.75, 3.05) is 32.1 Å². The van der Waals surface area contributed by atoms with Gasteiger partial charge in [-0.3, -0.25) is 14.4 Å². The number of piperidine rings is 1. The molecule has 1 aliphatic heterocycles. The highest BCUT2D eigenvalue weighted by Gasteiger charge is 2.23. The number of aryl methyl sites for hydroxylation is 1. The highest BCUT2D eigenvalue weighted by Crippen LogP contribution is 2.25. The summed E-state index contributed by atoms with van der Waals surface area (Å²) in [5, 5.41) is 2.56. The van der Waals surface area contributed by atoms with Gasteiger partial charge < -0.3 is 24.3 Å². The lowest BCUT2D eigenvalue weighted by Crippen LogP contribution is -2.38. The maximum atomic E-state index is 12.8. The maximum absolute atomic E-state index is 12.8. The molecule has 1 aromatic heterocycles. The average Bonchev–Trinajstić information content (AvgIpc) is 2.75. The molecule has 0 saturated carbocycles. The molecule has 2 heterocycles. The topological polar surface area (TPSA) is 89.9 Å². The fraction of sp³-hybridized carbons (Fsp3) is 0.409. The first-order valence-corrected chi connectivity index (χ1v) is 9.94. The lowest BCUT2D eigenvalue weighted by Gasteiger charge is -2.30. The van der Waals surface area contributed by atoms with Crippen molar-refractivity contribution >= 4 is 17.5 Å². The van der Waals surface area contributed by atoms with Crippen molar-refractivity contribution in [3.05, 3.63) is 52.4 Å². The normalized spacial score (nSPS) is 14.3. The Morgan fingerprint density at radius 1 is 1.17 bits per heavy atom. The van der Waals surface area contributed by atoms with Crippen molar-refractivity contribution in [1.29, 1.82) is 0 Å². The minimum atomic E-state index is -0.505. The molecular weight excluding hydrogens is 386 g/mol. The summed E-state index contributed by atoms with van der Waals surface area (Å²) in [5.41, 5.74) is 0.0133. The van der Waals surface area contributed by atoms with Gasteiger partial charge in [-0.15, -0.1) is 0 Å². The highest BCUT2D eigenvalue weighted by molar-refractivity contribution is 5.97. The van der Waals surface area contributed by atoms with Crippen LogP contribution in [0.2, 0.25) is 0 Å². The number of pyridine rings is 1. The number of amides is 2.